The van der Waals surface area contributed by atoms with Gasteiger partial charge in [0, 0.05) is 11.8 Å². The molecule has 0 amide bonds. The first-order valence-electron chi connectivity index (χ1n) is 5.86. The van der Waals surface area contributed by atoms with Gasteiger partial charge in [-0.05, 0) is 34.1 Å². The van der Waals surface area contributed by atoms with Crippen LogP contribution in [0.3, 0.4) is 0 Å². The van der Waals surface area contributed by atoms with Crippen molar-refractivity contribution < 1.29 is 4.39 Å². The Labute approximate surface area is 124 Å². The summed E-state index contributed by atoms with van der Waals surface area (Å²) in [5, 5.41) is 0. The lowest BCUT2D eigenvalue weighted by Crippen LogP contribution is -2.16. The van der Waals surface area contributed by atoms with Gasteiger partial charge in [0.2, 0.25) is 0 Å². The lowest BCUT2D eigenvalue weighted by atomic mass is 10.2. The van der Waals surface area contributed by atoms with Gasteiger partial charge in [0.05, 0.1) is 6.54 Å². The quantitative estimate of drug-likeness (QED) is 0.533. The molecule has 0 saturated heterocycles. The topological polar surface area (TPSA) is 63.6 Å². The second-order valence-corrected chi connectivity index (χ2v) is 4.60. The first kappa shape index (κ1) is 14.3. The van der Waals surface area contributed by atoms with Crippen LogP contribution >= 0.6 is 15.9 Å². The fourth-order valence-corrected chi connectivity index (χ4v) is 1.80. The molecular formula is C14H12BrFN4. The van der Waals surface area contributed by atoms with Crippen molar-refractivity contribution in [1.82, 2.24) is 4.98 Å². The van der Waals surface area contributed by atoms with Crippen molar-refractivity contribution in [2.45, 2.75) is 6.54 Å². The molecule has 4 nitrogen and oxygen atoms in total. The van der Waals surface area contributed by atoms with Crippen LogP contribution in [-0.4, -0.2) is 15.6 Å². The first-order chi connectivity index (χ1) is 9.66. The highest BCUT2D eigenvalue weighted by molar-refractivity contribution is 9.18. The van der Waals surface area contributed by atoms with E-state index >= 15 is 0 Å². The number of aromatic nitrogens is 1. The number of nitrogens with two attached hydrogens (primary N) is 1. The maximum absolute atomic E-state index is 13.4. The zero-order chi connectivity index (χ0) is 14.4. The van der Waals surface area contributed by atoms with E-state index < -0.39 is 0 Å². The molecule has 1 aromatic carbocycles. The molecule has 0 bridgehead atoms. The number of nitrogens with zero attached hydrogens (tertiary/aromatic N) is 3. The summed E-state index contributed by atoms with van der Waals surface area (Å²) in [5.41, 5.74) is 6.85. The first-order valence-corrected chi connectivity index (χ1v) is 6.65. The number of hydrogen-bond donors (Lipinski definition) is 1. The van der Waals surface area contributed by atoms with E-state index in [9.17, 15) is 4.39 Å². The minimum atomic E-state index is -0.293. The number of amidine groups is 2. The summed E-state index contributed by atoms with van der Waals surface area (Å²) in [6.07, 6.45) is 1.63. The lowest BCUT2D eigenvalue weighted by Gasteiger charge is -2.00. The van der Waals surface area contributed by atoms with Crippen molar-refractivity contribution in [1.29, 1.82) is 0 Å². The van der Waals surface area contributed by atoms with Crippen molar-refractivity contribution in [3.05, 3.63) is 65.7 Å². The molecule has 0 aliphatic carbocycles. The number of benzene rings is 1. The third kappa shape index (κ3) is 3.96. The van der Waals surface area contributed by atoms with Gasteiger partial charge >= 0.3 is 0 Å². The van der Waals surface area contributed by atoms with Gasteiger partial charge in [-0.2, -0.15) is 0 Å². The Morgan fingerprint density at radius 1 is 1.20 bits per heavy atom. The Balaban J connectivity index is 2.10. The Morgan fingerprint density at radius 2 is 1.95 bits per heavy atom. The van der Waals surface area contributed by atoms with Crippen LogP contribution in [0.25, 0.3) is 0 Å². The van der Waals surface area contributed by atoms with E-state index in [0.717, 1.165) is 0 Å². The maximum atomic E-state index is 13.4. The summed E-state index contributed by atoms with van der Waals surface area (Å²) >= 11 is 3.19. The van der Waals surface area contributed by atoms with Gasteiger partial charge in [-0.1, -0.05) is 24.3 Å². The average molecular weight is 335 g/mol. The average Bonchev–Trinajstić information content (AvgIpc) is 2.47. The van der Waals surface area contributed by atoms with Gasteiger partial charge in [0.15, 0.2) is 10.6 Å². The summed E-state index contributed by atoms with van der Waals surface area (Å²) in [6.45, 7) is 0.187. The zero-order valence-electron chi connectivity index (χ0n) is 10.5. The van der Waals surface area contributed by atoms with Crippen LogP contribution in [0.4, 0.5) is 4.39 Å². The molecule has 2 N–H and O–H groups in total. The predicted octanol–water partition coefficient (Wildman–Crippen LogP) is 2.88. The minimum Gasteiger partial charge on any atom is -0.382 e. The highest BCUT2D eigenvalue weighted by atomic mass is 79.9. The number of pyridine rings is 1. The van der Waals surface area contributed by atoms with Crippen molar-refractivity contribution in [3.8, 4) is 0 Å². The van der Waals surface area contributed by atoms with E-state index in [0.29, 0.717) is 16.0 Å². The van der Waals surface area contributed by atoms with Crippen LogP contribution in [0.1, 0.15) is 11.3 Å². The maximum Gasteiger partial charge on any atom is 0.194 e. The number of halogens is 2. The van der Waals surface area contributed by atoms with Crippen LogP contribution in [0, 0.1) is 5.82 Å². The second-order valence-electron chi connectivity index (χ2n) is 3.89. The SMILES string of the molecule is N/C(=N\C(Br)=NCc1ccccc1F)c1ccccn1. The molecule has 20 heavy (non-hydrogen) atoms. The van der Waals surface area contributed by atoms with Crippen LogP contribution in [-0.2, 0) is 6.54 Å². The standard InChI is InChI=1S/C14H12BrFN4/c15-14(19-9-10-5-1-2-6-11(10)16)20-13(17)12-7-3-4-8-18-12/h1-8H,9H2,(H2,17,19,20). The molecular weight excluding hydrogens is 323 g/mol. The van der Waals surface area contributed by atoms with E-state index in [4.69, 9.17) is 5.73 Å². The van der Waals surface area contributed by atoms with Gasteiger partial charge < -0.3 is 5.73 Å². The Morgan fingerprint density at radius 3 is 2.65 bits per heavy atom. The zero-order valence-corrected chi connectivity index (χ0v) is 12.1. The molecule has 2 aromatic rings. The third-order valence-electron chi connectivity index (χ3n) is 2.48. The second kappa shape index (κ2) is 6.91. The molecule has 0 aliphatic rings. The van der Waals surface area contributed by atoms with E-state index in [2.05, 4.69) is 30.9 Å². The van der Waals surface area contributed by atoms with E-state index in [1.165, 1.54) is 6.07 Å². The van der Waals surface area contributed by atoms with Gasteiger partial charge in [0.25, 0.3) is 0 Å². The number of aliphatic imine (C=N–C) groups is 2. The molecule has 1 aromatic heterocycles. The smallest absolute Gasteiger partial charge is 0.194 e. The van der Waals surface area contributed by atoms with Crippen molar-refractivity contribution >= 4 is 26.5 Å². The molecule has 0 saturated carbocycles. The van der Waals surface area contributed by atoms with Gasteiger partial charge in [0.1, 0.15) is 11.5 Å². The molecule has 2 rings (SSSR count). The van der Waals surface area contributed by atoms with Crippen molar-refractivity contribution in [2.24, 2.45) is 15.7 Å². The summed E-state index contributed by atoms with van der Waals surface area (Å²) in [4.78, 5) is 12.3. The molecule has 1 heterocycles. The van der Waals surface area contributed by atoms with Crippen molar-refractivity contribution in [3.63, 3.8) is 0 Å². The molecule has 0 radical (unpaired) electrons. The van der Waals surface area contributed by atoms with Crippen LogP contribution in [0.5, 0.6) is 0 Å². The largest absolute Gasteiger partial charge is 0.382 e. The Hall–Kier alpha value is -2.08. The summed E-state index contributed by atoms with van der Waals surface area (Å²) in [6, 6.07) is 11.8. The lowest BCUT2D eigenvalue weighted by molar-refractivity contribution is 0.611. The molecule has 0 atom stereocenters. The summed E-state index contributed by atoms with van der Waals surface area (Å²) in [7, 11) is 0. The predicted molar refractivity (Wildman–Crippen MR) is 81.4 cm³/mol. The third-order valence-corrected chi connectivity index (χ3v) is 2.91. The molecule has 0 unspecified atom stereocenters. The molecule has 0 fully saturated rings. The van der Waals surface area contributed by atoms with Crippen LogP contribution in [0.15, 0.2) is 58.6 Å². The summed E-state index contributed by atoms with van der Waals surface area (Å²) < 4.78 is 13.7. The van der Waals surface area contributed by atoms with Gasteiger partial charge in [-0.3, -0.25) is 9.98 Å². The monoisotopic (exact) mass is 334 g/mol. The molecule has 0 aliphatic heterocycles. The van der Waals surface area contributed by atoms with E-state index in [1.54, 1.807) is 36.5 Å². The van der Waals surface area contributed by atoms with Crippen molar-refractivity contribution in [2.75, 3.05) is 0 Å². The molecule has 102 valence electrons. The fourth-order valence-electron chi connectivity index (χ4n) is 1.48. The van der Waals surface area contributed by atoms with Crippen LogP contribution in [0.2, 0.25) is 0 Å². The number of rotatable bonds is 3. The Bertz CT molecular complexity index is 641. The van der Waals surface area contributed by atoms with Gasteiger partial charge in [-0.25, -0.2) is 9.38 Å². The molecule has 0 spiro atoms. The normalized spacial score (nSPS) is 12.5. The van der Waals surface area contributed by atoms with E-state index in [-0.39, 0.29) is 18.2 Å². The highest BCUT2D eigenvalue weighted by Crippen LogP contribution is 2.08. The fraction of sp³-hybridized carbons (Fsp3) is 0.0714. The summed E-state index contributed by atoms with van der Waals surface area (Å²) in [5.74, 6) is -0.0482. The Kier molecular flexibility index (Phi) is 4.95. The molecule has 6 heteroatoms. The van der Waals surface area contributed by atoms with Gasteiger partial charge in [-0.15, -0.1) is 0 Å². The minimum absolute atomic E-state index is 0.187. The number of hydrogen-bond acceptors (Lipinski definition) is 2. The highest BCUT2D eigenvalue weighted by Gasteiger charge is 2.02. The van der Waals surface area contributed by atoms with E-state index in [1.807, 2.05) is 6.07 Å². The van der Waals surface area contributed by atoms with Crippen LogP contribution < -0.4 is 5.73 Å².